The summed E-state index contributed by atoms with van der Waals surface area (Å²) in [6.45, 7) is 4.58. The quantitative estimate of drug-likeness (QED) is 0.829. The van der Waals surface area contributed by atoms with Gasteiger partial charge in [-0.2, -0.15) is 0 Å². The number of rotatable bonds is 2. The topological polar surface area (TPSA) is 32.6 Å². The molecule has 0 heterocycles. The van der Waals surface area contributed by atoms with Crippen LogP contribution in [0.2, 0.25) is 0 Å². The van der Waals surface area contributed by atoms with Crippen molar-refractivity contribution in [2.75, 3.05) is 6.54 Å². The molecular formula is C10H13Cl2NOZr. The Morgan fingerprint density at radius 1 is 1.47 bits per heavy atom. The van der Waals surface area contributed by atoms with Crippen LogP contribution in [-0.4, -0.2) is 17.9 Å². The van der Waals surface area contributed by atoms with E-state index in [1.165, 1.54) is 0 Å². The van der Waals surface area contributed by atoms with Crippen molar-refractivity contribution in [1.29, 1.82) is 0 Å². The van der Waals surface area contributed by atoms with E-state index in [0.29, 0.717) is 5.75 Å². The van der Waals surface area contributed by atoms with E-state index in [0.717, 1.165) is 17.7 Å². The first-order chi connectivity index (χ1) is 7.17. The zero-order valence-electron chi connectivity index (χ0n) is 8.67. The molecule has 0 saturated heterocycles. The van der Waals surface area contributed by atoms with Gasteiger partial charge in [0.2, 0.25) is 0 Å². The van der Waals surface area contributed by atoms with E-state index in [9.17, 15) is 5.11 Å². The van der Waals surface area contributed by atoms with E-state index >= 15 is 0 Å². The first kappa shape index (κ1) is 15.2. The van der Waals surface area contributed by atoms with Crippen molar-refractivity contribution >= 4 is 23.2 Å². The fraction of sp³-hybridized carbons (Fsp3) is 0.300. The first-order valence-corrected chi connectivity index (χ1v) is 10.7. The standard InChI is InChI=1S/C10H13NO.2ClH.Zr/c1-3-11-7-9-6-4-5-8(2)10(9)12;;;/h4-7,12H,3H2,1-2H3;2*1H;/q;;;+2/p-2. The molecule has 0 atom stereocenters. The number of aromatic hydroxyl groups is 1. The number of aliphatic imine (C=N–C) groups is 1. The molecule has 2 nitrogen and oxygen atoms in total. The van der Waals surface area contributed by atoms with Gasteiger partial charge in [0.15, 0.2) is 0 Å². The molecular weight excluding hydrogens is 312 g/mol. The van der Waals surface area contributed by atoms with Crippen molar-refractivity contribution in [3.8, 4) is 5.75 Å². The summed E-state index contributed by atoms with van der Waals surface area (Å²) in [6.07, 6.45) is 1.70. The zero-order valence-corrected chi connectivity index (χ0v) is 12.6. The predicted octanol–water partition coefficient (Wildman–Crippen LogP) is 3.52. The van der Waals surface area contributed by atoms with Crippen LogP contribution in [-0.2, 0) is 20.8 Å². The fourth-order valence-corrected chi connectivity index (χ4v) is 0.975. The fourth-order valence-electron chi connectivity index (χ4n) is 0.975. The van der Waals surface area contributed by atoms with Crippen LogP contribution in [0.15, 0.2) is 23.2 Å². The number of aryl methyl sites for hydroxylation is 1. The maximum atomic E-state index is 9.53. The van der Waals surface area contributed by atoms with Crippen molar-refractivity contribution in [3.63, 3.8) is 0 Å². The molecule has 1 N–H and O–H groups in total. The second kappa shape index (κ2) is 9.38. The Bertz CT molecular complexity index is 318. The Labute approximate surface area is 109 Å². The van der Waals surface area contributed by atoms with Gasteiger partial charge in [-0.25, -0.2) is 0 Å². The second-order valence-corrected chi connectivity index (χ2v) is 6.44. The van der Waals surface area contributed by atoms with Gasteiger partial charge in [0.25, 0.3) is 0 Å². The van der Waals surface area contributed by atoms with E-state index in [2.05, 4.69) is 4.99 Å². The minimum atomic E-state index is -0.826. The number of para-hydroxylation sites is 1. The molecule has 1 rings (SSSR count). The summed E-state index contributed by atoms with van der Waals surface area (Å²) in [5.74, 6) is 0.328. The Balaban J connectivity index is 0.000000583. The van der Waals surface area contributed by atoms with Gasteiger partial charge in [-0.05, 0) is 25.5 Å². The molecule has 15 heavy (non-hydrogen) atoms. The number of phenols is 1. The van der Waals surface area contributed by atoms with Gasteiger partial charge < -0.3 is 5.11 Å². The van der Waals surface area contributed by atoms with E-state index in [1.807, 2.05) is 32.0 Å². The molecule has 0 amide bonds. The number of benzene rings is 1. The van der Waals surface area contributed by atoms with Crippen LogP contribution in [0, 0.1) is 6.92 Å². The van der Waals surface area contributed by atoms with E-state index in [-0.39, 0.29) is 0 Å². The summed E-state index contributed by atoms with van der Waals surface area (Å²) in [6, 6.07) is 5.63. The summed E-state index contributed by atoms with van der Waals surface area (Å²) in [5.41, 5.74) is 1.67. The molecule has 1 aromatic carbocycles. The molecule has 0 aliphatic rings. The van der Waals surface area contributed by atoms with Crippen LogP contribution >= 0.6 is 17.0 Å². The third-order valence-electron chi connectivity index (χ3n) is 1.68. The molecule has 0 radical (unpaired) electrons. The summed E-state index contributed by atoms with van der Waals surface area (Å²) >= 11 is -0.826. The number of nitrogens with zero attached hydrogens (tertiary/aromatic N) is 1. The molecule has 1 aromatic rings. The number of phenolic OH excluding ortho intramolecular Hbond substituents is 1. The second-order valence-electron chi connectivity index (χ2n) is 2.71. The van der Waals surface area contributed by atoms with E-state index in [1.54, 1.807) is 6.21 Å². The Morgan fingerprint density at radius 3 is 2.60 bits per heavy atom. The minimum absolute atomic E-state index is 0.328. The van der Waals surface area contributed by atoms with E-state index < -0.39 is 20.8 Å². The molecule has 0 spiro atoms. The van der Waals surface area contributed by atoms with Gasteiger partial charge >= 0.3 is 37.9 Å². The molecule has 0 aromatic heterocycles. The molecule has 0 fully saturated rings. The normalized spacial score (nSPS) is 9.60. The molecule has 0 saturated carbocycles. The van der Waals surface area contributed by atoms with Crippen molar-refractivity contribution in [1.82, 2.24) is 0 Å². The number of halogens is 2. The zero-order chi connectivity index (χ0) is 11.7. The van der Waals surface area contributed by atoms with Gasteiger partial charge in [0.05, 0.1) is 0 Å². The molecule has 82 valence electrons. The van der Waals surface area contributed by atoms with Gasteiger partial charge in [-0.1, -0.05) is 12.1 Å². The summed E-state index contributed by atoms with van der Waals surface area (Å²) in [4.78, 5) is 4.06. The summed E-state index contributed by atoms with van der Waals surface area (Å²) in [5, 5.41) is 9.53. The molecule has 0 aliphatic carbocycles. The van der Waals surface area contributed by atoms with Crippen molar-refractivity contribution < 1.29 is 26.0 Å². The van der Waals surface area contributed by atoms with Crippen LogP contribution in [0.1, 0.15) is 18.1 Å². The van der Waals surface area contributed by atoms with Crippen molar-refractivity contribution in [2.45, 2.75) is 13.8 Å². The van der Waals surface area contributed by atoms with Gasteiger partial charge in [-0.3, -0.25) is 4.99 Å². The molecule has 0 bridgehead atoms. The van der Waals surface area contributed by atoms with Gasteiger partial charge in [0, 0.05) is 18.3 Å². The van der Waals surface area contributed by atoms with Crippen molar-refractivity contribution in [2.24, 2.45) is 4.99 Å². The molecule has 0 aliphatic heterocycles. The number of hydrogen-bond acceptors (Lipinski definition) is 2. The predicted molar refractivity (Wildman–Crippen MR) is 62.7 cm³/mol. The molecule has 5 heteroatoms. The Kier molecular flexibility index (Phi) is 9.48. The van der Waals surface area contributed by atoms with Crippen molar-refractivity contribution in [3.05, 3.63) is 29.3 Å². The Hall–Kier alpha value is 0.153. The number of hydrogen-bond donors (Lipinski definition) is 1. The average molecular weight is 325 g/mol. The third-order valence-corrected chi connectivity index (χ3v) is 1.68. The van der Waals surface area contributed by atoms with Crippen LogP contribution in [0.4, 0.5) is 0 Å². The van der Waals surface area contributed by atoms with Gasteiger partial charge in [0.1, 0.15) is 5.75 Å². The van der Waals surface area contributed by atoms with Crippen LogP contribution in [0.5, 0.6) is 5.75 Å². The first-order valence-electron chi connectivity index (χ1n) is 4.42. The third kappa shape index (κ3) is 6.34. The maximum absolute atomic E-state index is 9.53. The monoisotopic (exact) mass is 323 g/mol. The summed E-state index contributed by atoms with van der Waals surface area (Å²) < 4.78 is 0. The van der Waals surface area contributed by atoms with Gasteiger partial charge in [-0.15, -0.1) is 0 Å². The van der Waals surface area contributed by atoms with E-state index in [4.69, 9.17) is 17.0 Å². The molecule has 0 unspecified atom stereocenters. The SMILES string of the molecule is CCN=Cc1cccc(C)c1O.[Cl][Zr][Cl]. The summed E-state index contributed by atoms with van der Waals surface area (Å²) in [7, 11) is 9.87. The van der Waals surface area contributed by atoms with Crippen LogP contribution in [0.3, 0.4) is 0 Å². The van der Waals surface area contributed by atoms with Crippen LogP contribution < -0.4 is 0 Å². The average Bonchev–Trinajstić information content (AvgIpc) is 2.22. The Morgan fingerprint density at radius 2 is 2.07 bits per heavy atom. The van der Waals surface area contributed by atoms with Crippen LogP contribution in [0.25, 0.3) is 0 Å².